The number of sulfonamides is 1. The monoisotopic (exact) mass is 323 g/mol. The van der Waals surface area contributed by atoms with Crippen molar-refractivity contribution in [3.05, 3.63) is 40.7 Å². The highest BCUT2D eigenvalue weighted by Gasteiger charge is 2.15. The topological polar surface area (TPSA) is 84.1 Å². The summed E-state index contributed by atoms with van der Waals surface area (Å²) < 4.78 is 32.4. The van der Waals surface area contributed by atoms with Crippen molar-refractivity contribution in [2.45, 2.75) is 32.1 Å². The van der Waals surface area contributed by atoms with Crippen LogP contribution in [0.15, 0.2) is 23.1 Å². The zero-order valence-corrected chi connectivity index (χ0v) is 14.0. The fourth-order valence-electron chi connectivity index (χ4n) is 2.35. The summed E-state index contributed by atoms with van der Waals surface area (Å²) in [5, 5.41) is 7.00. The van der Waals surface area contributed by atoms with Gasteiger partial charge in [0.15, 0.2) is 0 Å². The third-order valence-corrected chi connectivity index (χ3v) is 5.08. The number of aryl methyl sites for hydroxylation is 3. The van der Waals surface area contributed by atoms with Crippen molar-refractivity contribution in [3.63, 3.8) is 0 Å². The van der Waals surface area contributed by atoms with Crippen molar-refractivity contribution >= 4 is 10.0 Å². The molecule has 0 saturated carbocycles. The molecule has 0 unspecified atom stereocenters. The van der Waals surface area contributed by atoms with E-state index in [1.54, 1.807) is 25.3 Å². The Balaban J connectivity index is 2.07. The van der Waals surface area contributed by atoms with Gasteiger partial charge >= 0.3 is 0 Å². The summed E-state index contributed by atoms with van der Waals surface area (Å²) in [5.41, 5.74) is 3.70. The number of H-pyrrole nitrogens is 1. The van der Waals surface area contributed by atoms with Gasteiger partial charge in [0.2, 0.25) is 10.0 Å². The Morgan fingerprint density at radius 1 is 1.27 bits per heavy atom. The molecule has 120 valence electrons. The first kappa shape index (κ1) is 16.5. The summed E-state index contributed by atoms with van der Waals surface area (Å²) in [6, 6.07) is 4.81. The molecule has 22 heavy (non-hydrogen) atoms. The van der Waals surface area contributed by atoms with E-state index in [1.807, 2.05) is 20.8 Å². The summed E-state index contributed by atoms with van der Waals surface area (Å²) in [5.74, 6) is 0.670. The van der Waals surface area contributed by atoms with Crippen LogP contribution in [0.3, 0.4) is 0 Å². The minimum atomic E-state index is -3.52. The quantitative estimate of drug-likeness (QED) is 0.850. The van der Waals surface area contributed by atoms with E-state index in [2.05, 4.69) is 14.9 Å². The van der Waals surface area contributed by atoms with E-state index in [4.69, 9.17) is 4.74 Å². The molecule has 1 heterocycles. The van der Waals surface area contributed by atoms with Crippen LogP contribution in [0.1, 0.15) is 22.5 Å². The van der Waals surface area contributed by atoms with Gasteiger partial charge in [0, 0.05) is 12.2 Å². The predicted molar refractivity (Wildman–Crippen MR) is 84.7 cm³/mol. The molecule has 0 bridgehead atoms. The zero-order chi connectivity index (χ0) is 16.3. The third kappa shape index (κ3) is 3.48. The second-order valence-corrected chi connectivity index (χ2v) is 6.96. The molecule has 2 N–H and O–H groups in total. The highest BCUT2D eigenvalue weighted by Crippen LogP contribution is 2.21. The third-order valence-electron chi connectivity index (χ3n) is 3.62. The van der Waals surface area contributed by atoms with Crippen LogP contribution in [0.4, 0.5) is 0 Å². The van der Waals surface area contributed by atoms with Crippen LogP contribution in [-0.4, -0.2) is 32.3 Å². The van der Waals surface area contributed by atoms with Crippen LogP contribution in [0.5, 0.6) is 5.75 Å². The van der Waals surface area contributed by atoms with E-state index in [0.29, 0.717) is 18.7 Å². The van der Waals surface area contributed by atoms with Gasteiger partial charge in [-0.2, -0.15) is 5.10 Å². The number of nitrogens with one attached hydrogen (secondary N) is 2. The highest BCUT2D eigenvalue weighted by atomic mass is 32.2. The van der Waals surface area contributed by atoms with Crippen molar-refractivity contribution in [3.8, 4) is 5.75 Å². The van der Waals surface area contributed by atoms with Gasteiger partial charge in [-0.25, -0.2) is 13.1 Å². The van der Waals surface area contributed by atoms with Gasteiger partial charge < -0.3 is 4.74 Å². The smallest absolute Gasteiger partial charge is 0.240 e. The first-order valence-electron chi connectivity index (χ1n) is 7.00. The van der Waals surface area contributed by atoms with E-state index in [0.717, 1.165) is 22.5 Å². The summed E-state index contributed by atoms with van der Waals surface area (Å²) >= 11 is 0. The molecule has 0 radical (unpaired) electrons. The molecule has 0 amide bonds. The average molecular weight is 323 g/mol. The molecule has 0 spiro atoms. The Bertz CT molecular complexity index is 747. The number of rotatable bonds is 6. The fourth-order valence-corrected chi connectivity index (χ4v) is 3.47. The van der Waals surface area contributed by atoms with Crippen LogP contribution in [-0.2, 0) is 16.4 Å². The van der Waals surface area contributed by atoms with E-state index in [-0.39, 0.29) is 4.90 Å². The van der Waals surface area contributed by atoms with Gasteiger partial charge in [0.1, 0.15) is 5.75 Å². The molecule has 1 aromatic heterocycles. The largest absolute Gasteiger partial charge is 0.496 e. The maximum absolute atomic E-state index is 12.3. The molecular weight excluding hydrogens is 302 g/mol. The number of aromatic nitrogens is 2. The normalized spacial score (nSPS) is 11.6. The molecule has 0 fully saturated rings. The Labute approximate surface area is 130 Å². The second-order valence-electron chi connectivity index (χ2n) is 5.19. The SMILES string of the molecule is COc1ccc(S(=O)(=O)NCCc2c(C)n[nH]c2C)cc1C. The molecule has 0 aliphatic heterocycles. The lowest BCUT2D eigenvalue weighted by molar-refractivity contribution is 0.411. The summed E-state index contributed by atoms with van der Waals surface area (Å²) in [4.78, 5) is 0.242. The summed E-state index contributed by atoms with van der Waals surface area (Å²) in [6.07, 6.45) is 0.600. The van der Waals surface area contributed by atoms with Crippen LogP contribution >= 0.6 is 0 Å². The van der Waals surface area contributed by atoms with E-state index >= 15 is 0 Å². The Kier molecular flexibility index (Phi) is 4.87. The maximum atomic E-state index is 12.3. The number of nitrogens with zero attached hydrogens (tertiary/aromatic N) is 1. The van der Waals surface area contributed by atoms with Crippen molar-refractivity contribution in [2.75, 3.05) is 13.7 Å². The van der Waals surface area contributed by atoms with Crippen LogP contribution < -0.4 is 9.46 Å². The first-order chi connectivity index (χ1) is 10.3. The molecule has 7 heteroatoms. The lowest BCUT2D eigenvalue weighted by Crippen LogP contribution is -2.26. The van der Waals surface area contributed by atoms with Gasteiger partial charge in [0.25, 0.3) is 0 Å². The molecule has 0 atom stereocenters. The van der Waals surface area contributed by atoms with Crippen LogP contribution in [0.25, 0.3) is 0 Å². The van der Waals surface area contributed by atoms with Crippen LogP contribution in [0.2, 0.25) is 0 Å². The van der Waals surface area contributed by atoms with Crippen molar-refractivity contribution in [1.29, 1.82) is 0 Å². The molecule has 1 aromatic carbocycles. The molecular formula is C15H21N3O3S. The molecule has 0 aliphatic rings. The minimum Gasteiger partial charge on any atom is -0.496 e. The Morgan fingerprint density at radius 2 is 2.00 bits per heavy atom. The number of hydrogen-bond acceptors (Lipinski definition) is 4. The predicted octanol–water partition coefficient (Wildman–Crippen LogP) is 1.86. The summed E-state index contributed by atoms with van der Waals surface area (Å²) in [7, 11) is -1.96. The molecule has 2 rings (SSSR count). The average Bonchev–Trinajstić information content (AvgIpc) is 2.78. The first-order valence-corrected chi connectivity index (χ1v) is 8.48. The lowest BCUT2D eigenvalue weighted by atomic mass is 10.1. The maximum Gasteiger partial charge on any atom is 0.240 e. The van der Waals surface area contributed by atoms with E-state index in [9.17, 15) is 8.42 Å². The van der Waals surface area contributed by atoms with E-state index < -0.39 is 10.0 Å². The Hall–Kier alpha value is -1.86. The number of hydrogen-bond donors (Lipinski definition) is 2. The molecule has 6 nitrogen and oxygen atoms in total. The summed E-state index contributed by atoms with van der Waals surface area (Å²) in [6.45, 7) is 5.97. The van der Waals surface area contributed by atoms with Gasteiger partial charge in [0.05, 0.1) is 17.7 Å². The van der Waals surface area contributed by atoms with Gasteiger partial charge in [-0.1, -0.05) is 0 Å². The van der Waals surface area contributed by atoms with Crippen molar-refractivity contribution < 1.29 is 13.2 Å². The number of benzene rings is 1. The highest BCUT2D eigenvalue weighted by molar-refractivity contribution is 7.89. The molecule has 0 saturated heterocycles. The fraction of sp³-hybridized carbons (Fsp3) is 0.400. The lowest BCUT2D eigenvalue weighted by Gasteiger charge is -2.10. The van der Waals surface area contributed by atoms with E-state index in [1.165, 1.54) is 0 Å². The van der Waals surface area contributed by atoms with Crippen molar-refractivity contribution in [1.82, 2.24) is 14.9 Å². The van der Waals surface area contributed by atoms with Gasteiger partial charge in [-0.15, -0.1) is 0 Å². The van der Waals surface area contributed by atoms with Gasteiger partial charge in [-0.3, -0.25) is 5.10 Å². The molecule has 0 aliphatic carbocycles. The number of methoxy groups -OCH3 is 1. The number of aromatic amines is 1. The van der Waals surface area contributed by atoms with Crippen molar-refractivity contribution in [2.24, 2.45) is 0 Å². The minimum absolute atomic E-state index is 0.242. The van der Waals surface area contributed by atoms with Gasteiger partial charge in [-0.05, 0) is 56.5 Å². The number of ether oxygens (including phenoxy) is 1. The molecule has 2 aromatic rings. The van der Waals surface area contributed by atoms with Crippen LogP contribution in [0, 0.1) is 20.8 Å². The Morgan fingerprint density at radius 3 is 2.55 bits per heavy atom. The zero-order valence-electron chi connectivity index (χ0n) is 13.2. The second kappa shape index (κ2) is 6.50. The standard InChI is InChI=1S/C15H21N3O3S/c1-10-9-13(5-6-15(10)21-4)22(19,20)16-8-7-14-11(2)17-18-12(14)3/h5-6,9,16H,7-8H2,1-4H3,(H,17,18).